The summed E-state index contributed by atoms with van der Waals surface area (Å²) in [5, 5.41) is 4.50. The Morgan fingerprint density at radius 1 is 1.17 bits per heavy atom. The summed E-state index contributed by atoms with van der Waals surface area (Å²) in [7, 11) is 0. The van der Waals surface area contributed by atoms with E-state index in [1.807, 2.05) is 53.8 Å². The molecule has 1 saturated heterocycles. The Hall–Kier alpha value is -1.93. The van der Waals surface area contributed by atoms with Crippen LogP contribution in [-0.4, -0.2) is 49.8 Å². The number of fused-ring (bicyclic) bond motifs is 1. The van der Waals surface area contributed by atoms with Gasteiger partial charge >= 0.3 is 0 Å². The van der Waals surface area contributed by atoms with Crippen molar-refractivity contribution >= 4 is 17.0 Å². The number of rotatable bonds is 3. The zero-order chi connectivity index (χ0) is 16.5. The zero-order valence-electron chi connectivity index (χ0n) is 13.4. The molecule has 0 saturated carbocycles. The fourth-order valence-electron chi connectivity index (χ4n) is 2.73. The van der Waals surface area contributed by atoms with Gasteiger partial charge < -0.3 is 9.29 Å². The monoisotopic (exact) mass is 342 g/mol. The first kappa shape index (κ1) is 15.6. The van der Waals surface area contributed by atoms with Crippen LogP contribution in [0.25, 0.3) is 17.0 Å². The van der Waals surface area contributed by atoms with Crippen molar-refractivity contribution in [2.45, 2.75) is 11.8 Å². The van der Waals surface area contributed by atoms with Crippen LogP contribution in [0, 0.1) is 6.92 Å². The molecule has 1 aliphatic heterocycles. The molecule has 0 spiro atoms. The van der Waals surface area contributed by atoms with Gasteiger partial charge in [0.25, 0.3) is 0 Å². The second-order valence-electron chi connectivity index (χ2n) is 5.71. The number of nitrogens with zero attached hydrogens (tertiary/aromatic N) is 4. The summed E-state index contributed by atoms with van der Waals surface area (Å²) < 4.78 is 22.0. The third-order valence-electron chi connectivity index (χ3n) is 4.08. The van der Waals surface area contributed by atoms with Crippen molar-refractivity contribution in [2.24, 2.45) is 0 Å². The average Bonchev–Trinajstić information content (AvgIpc) is 3.06. The second kappa shape index (κ2) is 6.52. The Morgan fingerprint density at radius 2 is 2.00 bits per heavy atom. The molecule has 1 unspecified atom stereocenters. The molecule has 6 nitrogen and oxygen atoms in total. The van der Waals surface area contributed by atoms with Gasteiger partial charge in [-0.05, 0) is 19.1 Å². The number of morpholine rings is 1. The van der Waals surface area contributed by atoms with Crippen LogP contribution < -0.4 is 0 Å². The molecule has 1 fully saturated rings. The van der Waals surface area contributed by atoms with Crippen LogP contribution in [0.15, 0.2) is 47.5 Å². The van der Waals surface area contributed by atoms with E-state index in [1.165, 1.54) is 0 Å². The van der Waals surface area contributed by atoms with Gasteiger partial charge in [-0.2, -0.15) is 0 Å². The molecule has 0 bridgehead atoms. The third-order valence-corrected chi connectivity index (χ3v) is 5.73. The quantitative estimate of drug-likeness (QED) is 0.682. The number of hydrogen-bond acceptors (Lipinski definition) is 5. The van der Waals surface area contributed by atoms with Crippen molar-refractivity contribution in [1.82, 2.24) is 18.9 Å². The normalized spacial score (nSPS) is 17.2. The van der Waals surface area contributed by atoms with Crippen LogP contribution >= 0.6 is 0 Å². The number of aryl methyl sites for hydroxylation is 1. The summed E-state index contributed by atoms with van der Waals surface area (Å²) in [5.74, 6) is 0.640. The van der Waals surface area contributed by atoms with E-state index < -0.39 is 11.4 Å². The predicted octanol–water partition coefficient (Wildman–Crippen LogP) is 2.06. The highest BCUT2D eigenvalue weighted by Crippen LogP contribution is 2.26. The van der Waals surface area contributed by atoms with Gasteiger partial charge in [0.15, 0.2) is 16.4 Å². The number of aromatic nitrogens is 3. The standard InChI is InChI=1S/C17H18N4O2S/c1-13-5-6-14(17-18-16-4-2-3-7-21(16)19-17)12-15(13)24(22)20-8-10-23-11-9-20/h2-7,12H,8-11H2,1H3. The van der Waals surface area contributed by atoms with Gasteiger partial charge in [-0.25, -0.2) is 9.50 Å². The van der Waals surface area contributed by atoms with E-state index in [2.05, 4.69) is 10.1 Å². The minimum Gasteiger partial charge on any atom is -0.593 e. The average molecular weight is 342 g/mol. The molecule has 0 N–H and O–H groups in total. The van der Waals surface area contributed by atoms with E-state index in [1.54, 1.807) is 4.52 Å². The van der Waals surface area contributed by atoms with Crippen LogP contribution in [0.1, 0.15) is 5.56 Å². The highest BCUT2D eigenvalue weighted by Gasteiger charge is 2.27. The largest absolute Gasteiger partial charge is 0.593 e. The van der Waals surface area contributed by atoms with Gasteiger partial charge in [0.1, 0.15) is 0 Å². The molecule has 4 rings (SSSR count). The maximum atomic E-state index is 12.9. The summed E-state index contributed by atoms with van der Waals surface area (Å²) >= 11 is -1.19. The lowest BCUT2D eigenvalue weighted by Gasteiger charge is -2.27. The number of benzene rings is 1. The van der Waals surface area contributed by atoms with Crippen LogP contribution in [0.2, 0.25) is 0 Å². The van der Waals surface area contributed by atoms with Gasteiger partial charge in [-0.3, -0.25) is 0 Å². The molecule has 0 radical (unpaired) electrons. The molecule has 3 heterocycles. The Balaban J connectivity index is 1.70. The van der Waals surface area contributed by atoms with E-state index >= 15 is 0 Å². The maximum absolute atomic E-state index is 12.9. The zero-order valence-corrected chi connectivity index (χ0v) is 14.2. The molecular weight excluding hydrogens is 324 g/mol. The Kier molecular flexibility index (Phi) is 4.24. The lowest BCUT2D eigenvalue weighted by Crippen LogP contribution is -2.40. The third kappa shape index (κ3) is 2.91. The highest BCUT2D eigenvalue weighted by molar-refractivity contribution is 7.89. The van der Waals surface area contributed by atoms with Crippen molar-refractivity contribution < 1.29 is 9.29 Å². The first-order valence-electron chi connectivity index (χ1n) is 7.89. The van der Waals surface area contributed by atoms with Crippen LogP contribution in [0.3, 0.4) is 0 Å². The predicted molar refractivity (Wildman–Crippen MR) is 92.0 cm³/mol. The molecule has 1 aliphatic rings. The minimum absolute atomic E-state index is 0.623. The van der Waals surface area contributed by atoms with Crippen molar-refractivity contribution in [3.05, 3.63) is 48.2 Å². The summed E-state index contributed by atoms with van der Waals surface area (Å²) in [4.78, 5) is 5.36. The SMILES string of the molecule is Cc1ccc(-c2nc3ccccn3n2)cc1[S+]([O-])N1CCOCC1. The molecule has 7 heteroatoms. The molecule has 124 valence electrons. The summed E-state index contributed by atoms with van der Waals surface area (Å²) in [5.41, 5.74) is 2.68. The molecule has 2 aromatic heterocycles. The summed E-state index contributed by atoms with van der Waals surface area (Å²) in [6.45, 7) is 4.59. The van der Waals surface area contributed by atoms with E-state index in [0.29, 0.717) is 32.1 Å². The number of ether oxygens (including phenoxy) is 1. The smallest absolute Gasteiger partial charge is 0.182 e. The van der Waals surface area contributed by atoms with Crippen LogP contribution in [-0.2, 0) is 16.1 Å². The first-order valence-corrected chi connectivity index (χ1v) is 9.00. The molecule has 3 aromatic rings. The molecule has 0 aliphatic carbocycles. The maximum Gasteiger partial charge on any atom is 0.182 e. The number of hydrogen-bond donors (Lipinski definition) is 0. The summed E-state index contributed by atoms with van der Waals surface area (Å²) in [6.07, 6.45) is 1.87. The molecule has 1 aromatic carbocycles. The Labute approximate surface area is 143 Å². The van der Waals surface area contributed by atoms with Gasteiger partial charge in [0.2, 0.25) is 0 Å². The minimum atomic E-state index is -1.19. The molecule has 0 amide bonds. The molecule has 24 heavy (non-hydrogen) atoms. The van der Waals surface area contributed by atoms with Crippen molar-refractivity contribution in [3.8, 4) is 11.4 Å². The van der Waals surface area contributed by atoms with Gasteiger partial charge in [-0.15, -0.1) is 9.40 Å². The van der Waals surface area contributed by atoms with E-state index in [9.17, 15) is 4.55 Å². The molecular formula is C17H18N4O2S. The first-order chi connectivity index (χ1) is 11.7. The van der Waals surface area contributed by atoms with E-state index in [0.717, 1.165) is 21.7 Å². The fraction of sp³-hybridized carbons (Fsp3) is 0.294. The number of pyridine rings is 1. The van der Waals surface area contributed by atoms with Gasteiger partial charge in [0.05, 0.1) is 37.7 Å². The van der Waals surface area contributed by atoms with E-state index in [4.69, 9.17) is 4.74 Å². The van der Waals surface area contributed by atoms with Gasteiger partial charge in [0, 0.05) is 23.4 Å². The Morgan fingerprint density at radius 3 is 2.79 bits per heavy atom. The van der Waals surface area contributed by atoms with Crippen LogP contribution in [0.5, 0.6) is 0 Å². The topological polar surface area (TPSA) is 65.7 Å². The van der Waals surface area contributed by atoms with Gasteiger partial charge in [-0.1, -0.05) is 18.2 Å². The van der Waals surface area contributed by atoms with E-state index in [-0.39, 0.29) is 0 Å². The van der Waals surface area contributed by atoms with Crippen molar-refractivity contribution in [1.29, 1.82) is 0 Å². The molecule has 1 atom stereocenters. The second-order valence-corrected chi connectivity index (χ2v) is 7.16. The van der Waals surface area contributed by atoms with Crippen LogP contribution in [0.4, 0.5) is 0 Å². The lowest BCUT2D eigenvalue weighted by molar-refractivity contribution is 0.0730. The summed E-state index contributed by atoms with van der Waals surface area (Å²) in [6, 6.07) is 11.7. The fourth-order valence-corrected chi connectivity index (χ4v) is 4.06. The lowest BCUT2D eigenvalue weighted by atomic mass is 10.1. The Bertz CT molecular complexity index is 828. The highest BCUT2D eigenvalue weighted by atomic mass is 32.2. The van der Waals surface area contributed by atoms with Crippen molar-refractivity contribution in [3.63, 3.8) is 0 Å². The van der Waals surface area contributed by atoms with Crippen molar-refractivity contribution in [2.75, 3.05) is 26.3 Å².